The molecule has 29 heavy (non-hydrogen) atoms. The van der Waals surface area contributed by atoms with Crippen LogP contribution in [0.4, 0.5) is 0 Å². The van der Waals surface area contributed by atoms with Gasteiger partial charge in [0.1, 0.15) is 0 Å². The van der Waals surface area contributed by atoms with Gasteiger partial charge in [-0.1, -0.05) is 120 Å². The van der Waals surface area contributed by atoms with Crippen LogP contribution in [-0.4, -0.2) is 19.0 Å². The summed E-state index contributed by atoms with van der Waals surface area (Å²) in [6, 6.07) is 7.61. The Kier molecular flexibility index (Phi) is 17.0. The van der Waals surface area contributed by atoms with Gasteiger partial charge in [0.2, 0.25) is 5.91 Å². The molecule has 0 aromatic heterocycles. The van der Waals surface area contributed by atoms with Gasteiger partial charge in [-0.2, -0.15) is 0 Å². The van der Waals surface area contributed by atoms with E-state index in [2.05, 4.69) is 17.6 Å². The Balaban J connectivity index is 1.80. The quantitative estimate of drug-likeness (QED) is 0.235. The third-order valence-corrected chi connectivity index (χ3v) is 5.80. The molecule has 166 valence electrons. The van der Waals surface area contributed by atoms with Crippen molar-refractivity contribution in [3.8, 4) is 0 Å². The van der Waals surface area contributed by atoms with Gasteiger partial charge in [0.25, 0.3) is 0 Å². The molecule has 0 aliphatic heterocycles. The summed E-state index contributed by atoms with van der Waals surface area (Å²) in [6.45, 7) is 4.06. The minimum absolute atomic E-state index is 0.0234. The van der Waals surface area contributed by atoms with Crippen molar-refractivity contribution in [3.63, 3.8) is 0 Å². The Labute approximate surface area is 184 Å². The van der Waals surface area contributed by atoms with E-state index < -0.39 is 0 Å². The normalized spacial score (nSPS) is 11.0. The third-order valence-electron chi connectivity index (χ3n) is 5.43. The molecule has 0 saturated heterocycles. The molecular weight excluding hydrogens is 380 g/mol. The number of carbonyl (C=O) groups excluding carboxylic acids is 1. The number of benzene rings is 1. The average Bonchev–Trinajstić information content (AvgIpc) is 2.73. The first-order valence-electron chi connectivity index (χ1n) is 11.9. The number of nitrogens with one attached hydrogen (secondary N) is 2. The van der Waals surface area contributed by atoms with Gasteiger partial charge in [0, 0.05) is 11.6 Å². The molecule has 1 amide bonds. The van der Waals surface area contributed by atoms with Crippen LogP contribution in [0.5, 0.6) is 0 Å². The number of hydrogen-bond donors (Lipinski definition) is 2. The fourth-order valence-corrected chi connectivity index (χ4v) is 3.75. The molecule has 0 spiro atoms. The Morgan fingerprint density at radius 2 is 1.31 bits per heavy atom. The zero-order valence-electron chi connectivity index (χ0n) is 18.6. The number of amides is 1. The number of halogens is 1. The van der Waals surface area contributed by atoms with Crippen molar-refractivity contribution in [2.75, 3.05) is 13.1 Å². The summed E-state index contributed by atoms with van der Waals surface area (Å²) in [7, 11) is 0. The van der Waals surface area contributed by atoms with Gasteiger partial charge in [-0.3, -0.25) is 4.79 Å². The maximum Gasteiger partial charge on any atom is 0.234 e. The smallest absolute Gasteiger partial charge is 0.234 e. The number of rotatable bonds is 19. The van der Waals surface area contributed by atoms with Crippen LogP contribution in [-0.2, 0) is 11.3 Å². The summed E-state index contributed by atoms with van der Waals surface area (Å²) in [5.41, 5.74) is 0.953. The molecule has 0 aliphatic carbocycles. The van der Waals surface area contributed by atoms with Gasteiger partial charge >= 0.3 is 0 Å². The summed E-state index contributed by atoms with van der Waals surface area (Å²) in [5, 5.41) is 6.84. The Bertz CT molecular complexity index is 521. The first kappa shape index (κ1) is 26.0. The summed E-state index contributed by atoms with van der Waals surface area (Å²) in [6.07, 6.45) is 19.2. The summed E-state index contributed by atoms with van der Waals surface area (Å²) in [5.74, 6) is 0.0234. The van der Waals surface area contributed by atoms with Crippen LogP contribution in [0.1, 0.15) is 102 Å². The molecule has 0 aliphatic rings. The van der Waals surface area contributed by atoms with E-state index in [0.717, 1.165) is 18.5 Å². The van der Waals surface area contributed by atoms with Crippen LogP contribution in [0.3, 0.4) is 0 Å². The molecule has 0 heterocycles. The van der Waals surface area contributed by atoms with Crippen molar-refractivity contribution < 1.29 is 4.79 Å². The summed E-state index contributed by atoms with van der Waals surface area (Å²) in [4.78, 5) is 11.9. The van der Waals surface area contributed by atoms with Crippen LogP contribution < -0.4 is 10.6 Å². The fourth-order valence-electron chi connectivity index (χ4n) is 3.54. The molecule has 1 aromatic carbocycles. The maximum atomic E-state index is 11.9. The fraction of sp³-hybridized carbons (Fsp3) is 0.720. The number of carbonyl (C=O) groups is 1. The van der Waals surface area contributed by atoms with E-state index in [0.29, 0.717) is 18.1 Å². The molecule has 0 atom stereocenters. The van der Waals surface area contributed by atoms with Gasteiger partial charge in [0.15, 0.2) is 0 Å². The van der Waals surface area contributed by atoms with Gasteiger partial charge in [-0.25, -0.2) is 0 Å². The molecule has 1 rings (SSSR count). The van der Waals surface area contributed by atoms with E-state index >= 15 is 0 Å². The molecule has 4 heteroatoms. The van der Waals surface area contributed by atoms with E-state index in [-0.39, 0.29) is 5.91 Å². The first-order valence-corrected chi connectivity index (χ1v) is 12.3. The average molecular weight is 423 g/mol. The second kappa shape index (κ2) is 18.9. The molecule has 0 unspecified atom stereocenters. The lowest BCUT2D eigenvalue weighted by Crippen LogP contribution is -2.33. The van der Waals surface area contributed by atoms with E-state index in [4.69, 9.17) is 11.6 Å². The second-order valence-electron chi connectivity index (χ2n) is 8.14. The highest BCUT2D eigenvalue weighted by atomic mass is 35.5. The first-order chi connectivity index (χ1) is 14.2. The molecular formula is C25H43ClN2O. The lowest BCUT2D eigenvalue weighted by atomic mass is 10.0. The third kappa shape index (κ3) is 15.4. The standard InChI is InChI=1S/C25H43ClN2O/c1-2-3-4-5-6-7-8-9-10-11-12-13-14-17-20-27-22-25(29)28-21-23-18-15-16-19-24(23)26/h15-16,18-19,27H,2-14,17,20-22H2,1H3,(H,28,29). The Morgan fingerprint density at radius 3 is 1.86 bits per heavy atom. The van der Waals surface area contributed by atoms with E-state index in [1.54, 1.807) is 0 Å². The minimum atomic E-state index is 0.0234. The summed E-state index contributed by atoms with van der Waals surface area (Å²) >= 11 is 6.09. The predicted octanol–water partition coefficient (Wildman–Crippen LogP) is 7.03. The van der Waals surface area contributed by atoms with Crippen molar-refractivity contribution in [1.82, 2.24) is 10.6 Å². The topological polar surface area (TPSA) is 41.1 Å². The maximum absolute atomic E-state index is 11.9. The lowest BCUT2D eigenvalue weighted by molar-refractivity contribution is -0.120. The van der Waals surface area contributed by atoms with E-state index in [9.17, 15) is 4.79 Å². The highest BCUT2D eigenvalue weighted by Gasteiger charge is 2.03. The SMILES string of the molecule is CCCCCCCCCCCCCCCCNCC(=O)NCc1ccccc1Cl. The van der Waals surface area contributed by atoms with Crippen LogP contribution in [0.2, 0.25) is 5.02 Å². The highest BCUT2D eigenvalue weighted by Crippen LogP contribution is 2.14. The lowest BCUT2D eigenvalue weighted by Gasteiger charge is -2.08. The van der Waals surface area contributed by atoms with E-state index in [1.807, 2.05) is 24.3 Å². The largest absolute Gasteiger partial charge is 0.351 e. The molecule has 0 bridgehead atoms. The Morgan fingerprint density at radius 1 is 0.793 bits per heavy atom. The van der Waals surface area contributed by atoms with Gasteiger partial charge in [-0.05, 0) is 24.6 Å². The van der Waals surface area contributed by atoms with Crippen molar-refractivity contribution in [2.45, 2.75) is 103 Å². The molecule has 1 aromatic rings. The van der Waals surface area contributed by atoms with Gasteiger partial charge in [0.05, 0.1) is 6.54 Å². The number of unbranched alkanes of at least 4 members (excludes halogenated alkanes) is 13. The summed E-state index contributed by atoms with van der Waals surface area (Å²) < 4.78 is 0. The van der Waals surface area contributed by atoms with Crippen molar-refractivity contribution in [1.29, 1.82) is 0 Å². The van der Waals surface area contributed by atoms with Crippen LogP contribution in [0.25, 0.3) is 0 Å². The molecule has 0 radical (unpaired) electrons. The van der Waals surface area contributed by atoms with Crippen molar-refractivity contribution >= 4 is 17.5 Å². The van der Waals surface area contributed by atoms with E-state index in [1.165, 1.54) is 83.5 Å². The van der Waals surface area contributed by atoms with Crippen molar-refractivity contribution in [3.05, 3.63) is 34.9 Å². The minimum Gasteiger partial charge on any atom is -0.351 e. The number of hydrogen-bond acceptors (Lipinski definition) is 2. The highest BCUT2D eigenvalue weighted by molar-refractivity contribution is 6.31. The zero-order valence-corrected chi connectivity index (χ0v) is 19.4. The van der Waals surface area contributed by atoms with Crippen molar-refractivity contribution in [2.24, 2.45) is 0 Å². The molecule has 0 fully saturated rings. The van der Waals surface area contributed by atoms with Crippen LogP contribution in [0.15, 0.2) is 24.3 Å². The monoisotopic (exact) mass is 422 g/mol. The zero-order chi connectivity index (χ0) is 21.0. The molecule has 2 N–H and O–H groups in total. The van der Waals surface area contributed by atoms with Gasteiger partial charge < -0.3 is 10.6 Å². The molecule has 3 nitrogen and oxygen atoms in total. The predicted molar refractivity (Wildman–Crippen MR) is 126 cm³/mol. The van der Waals surface area contributed by atoms with Crippen LogP contribution in [0, 0.1) is 0 Å². The second-order valence-corrected chi connectivity index (χ2v) is 8.55. The molecule has 0 saturated carbocycles. The van der Waals surface area contributed by atoms with Gasteiger partial charge in [-0.15, -0.1) is 0 Å². The Hall–Kier alpha value is -1.06. The van der Waals surface area contributed by atoms with Crippen LogP contribution >= 0.6 is 11.6 Å².